The number of benzene rings is 6. The van der Waals surface area contributed by atoms with Crippen LogP contribution in [0.15, 0.2) is 161 Å². The van der Waals surface area contributed by atoms with Crippen LogP contribution in [0.1, 0.15) is 44.6 Å². The van der Waals surface area contributed by atoms with E-state index in [-0.39, 0.29) is 21.8 Å². The molecule has 9 heteroatoms. The van der Waals surface area contributed by atoms with Gasteiger partial charge in [-0.3, -0.25) is 4.57 Å². The summed E-state index contributed by atoms with van der Waals surface area (Å²) < 4.78 is 4.63. The standard InChI is InChI=1S/C50H35B4N5/c1-5-37(51)43(53)44(54)42(52)28(2)47-55-48(29-16-7-6-8-17-29)57-49(56-47)59-39-24-14-11-20-32(39)35-27-26-34-31-19-10-13-23-38(31)58(45(34)46(35)59)40-25-15-21-33-30-18-9-12-22-36(30)50(3,4)41(33)40/h5-27H,1-4H3/b37-5-,42-28-,44-43-. The van der Waals surface area contributed by atoms with Crippen molar-refractivity contribution < 1.29 is 0 Å². The molecule has 0 saturated carbocycles. The van der Waals surface area contributed by atoms with Gasteiger partial charge in [0.25, 0.3) is 0 Å². The maximum absolute atomic E-state index is 6.75. The van der Waals surface area contributed by atoms with Gasteiger partial charge in [-0.05, 0) is 59.9 Å². The predicted molar refractivity (Wildman–Crippen MR) is 248 cm³/mol. The smallest absolute Gasteiger partial charge is 0.238 e. The first-order valence-electron chi connectivity index (χ1n) is 19.8. The third-order valence-corrected chi connectivity index (χ3v) is 12.1. The van der Waals surface area contributed by atoms with Gasteiger partial charge in [0.2, 0.25) is 5.95 Å². The highest BCUT2D eigenvalue weighted by Crippen LogP contribution is 2.52. The Morgan fingerprint density at radius 2 is 1.15 bits per heavy atom. The molecule has 0 spiro atoms. The number of aromatic nitrogens is 5. The SMILES string of the molecule is [B]C(=C([B])/C([B])=C(\C)c1nc(-c2ccccc2)nc(-n2c3ccccc3c3ccc4c5ccccc5n(-c5cccc6c5C(C)(C)c5ccccc5-6)c4c32)n1)/C([B])=C/C. The maximum atomic E-state index is 6.75. The Morgan fingerprint density at radius 1 is 0.559 bits per heavy atom. The lowest BCUT2D eigenvalue weighted by Gasteiger charge is -2.25. The number of hydrogen-bond donors (Lipinski definition) is 0. The zero-order chi connectivity index (χ0) is 40.7. The van der Waals surface area contributed by atoms with E-state index in [4.69, 9.17) is 46.3 Å². The maximum Gasteiger partial charge on any atom is 0.238 e. The van der Waals surface area contributed by atoms with E-state index in [1.165, 1.54) is 22.3 Å². The van der Waals surface area contributed by atoms with Crippen molar-refractivity contribution in [3.8, 4) is 34.2 Å². The van der Waals surface area contributed by atoms with Crippen molar-refractivity contribution in [1.29, 1.82) is 0 Å². The average Bonchev–Trinajstić information content (AvgIpc) is 3.88. The van der Waals surface area contributed by atoms with Crippen LogP contribution in [0.4, 0.5) is 0 Å². The van der Waals surface area contributed by atoms with Crippen LogP contribution >= 0.6 is 0 Å². The van der Waals surface area contributed by atoms with Gasteiger partial charge in [0.05, 0.1) is 27.8 Å². The molecule has 6 aromatic carbocycles. The highest BCUT2D eigenvalue weighted by atomic mass is 15.2. The molecule has 0 saturated heterocycles. The summed E-state index contributed by atoms with van der Waals surface area (Å²) in [6, 6.07) is 46.9. The summed E-state index contributed by atoms with van der Waals surface area (Å²) in [5, 5.41) is 4.42. The summed E-state index contributed by atoms with van der Waals surface area (Å²) >= 11 is 0. The van der Waals surface area contributed by atoms with Gasteiger partial charge in [0.15, 0.2) is 11.6 Å². The molecule has 9 aromatic rings. The van der Waals surface area contributed by atoms with Gasteiger partial charge in [-0.2, -0.15) is 9.97 Å². The second-order valence-electron chi connectivity index (χ2n) is 15.7. The molecule has 1 aliphatic rings. The quantitative estimate of drug-likeness (QED) is 0.126. The number of fused-ring (bicyclic) bond motifs is 10. The Morgan fingerprint density at radius 3 is 1.85 bits per heavy atom. The molecule has 5 nitrogen and oxygen atoms in total. The zero-order valence-electron chi connectivity index (χ0n) is 33.3. The minimum Gasteiger partial charge on any atom is -0.307 e. The van der Waals surface area contributed by atoms with E-state index in [0.717, 1.165) is 54.9 Å². The van der Waals surface area contributed by atoms with E-state index in [2.05, 4.69) is 126 Å². The van der Waals surface area contributed by atoms with E-state index < -0.39 is 0 Å². The summed E-state index contributed by atoms with van der Waals surface area (Å²) in [6.45, 7) is 8.30. The van der Waals surface area contributed by atoms with Crippen molar-refractivity contribution in [1.82, 2.24) is 24.1 Å². The normalized spacial score (nSPS) is 14.5. The lowest BCUT2D eigenvalue weighted by atomic mass is 9.64. The van der Waals surface area contributed by atoms with Crippen LogP contribution in [0.5, 0.6) is 0 Å². The fourth-order valence-electron chi connectivity index (χ4n) is 9.09. The van der Waals surface area contributed by atoms with Crippen LogP contribution in [0.2, 0.25) is 0 Å². The summed E-state index contributed by atoms with van der Waals surface area (Å²) in [6.07, 6.45) is 1.69. The number of nitrogens with zero attached hydrogens (tertiary/aromatic N) is 5. The van der Waals surface area contributed by atoms with Crippen LogP contribution in [-0.2, 0) is 5.41 Å². The second kappa shape index (κ2) is 13.8. The van der Waals surface area contributed by atoms with Gasteiger partial charge < -0.3 is 4.57 Å². The van der Waals surface area contributed by atoms with Crippen LogP contribution in [0.25, 0.3) is 83.3 Å². The van der Waals surface area contributed by atoms with Crippen molar-refractivity contribution in [3.05, 3.63) is 178 Å². The molecular formula is C50H35B4N5. The molecule has 0 fully saturated rings. The Hall–Kier alpha value is -6.59. The first kappa shape index (κ1) is 36.7. The van der Waals surface area contributed by atoms with Crippen molar-refractivity contribution >= 4 is 80.6 Å². The summed E-state index contributed by atoms with van der Waals surface area (Å²) in [5.74, 6) is 1.28. The molecule has 0 amide bonds. The Bertz CT molecular complexity index is 3310. The molecule has 10 rings (SSSR count). The van der Waals surface area contributed by atoms with Crippen molar-refractivity contribution in [2.45, 2.75) is 33.1 Å². The third kappa shape index (κ3) is 5.47. The van der Waals surface area contributed by atoms with Crippen molar-refractivity contribution in [3.63, 3.8) is 0 Å². The lowest BCUT2D eigenvalue weighted by Crippen LogP contribution is -2.18. The second-order valence-corrected chi connectivity index (χ2v) is 15.7. The van der Waals surface area contributed by atoms with Gasteiger partial charge in [-0.1, -0.05) is 141 Å². The topological polar surface area (TPSA) is 48.5 Å². The Labute approximate surface area is 348 Å². The van der Waals surface area contributed by atoms with E-state index in [1.54, 1.807) is 13.0 Å². The minimum atomic E-state index is -0.254. The largest absolute Gasteiger partial charge is 0.307 e. The molecular weight excluding hydrogens is 714 g/mol. The molecule has 1 aliphatic carbocycles. The molecule has 0 N–H and O–H groups in total. The zero-order valence-corrected chi connectivity index (χ0v) is 33.3. The predicted octanol–water partition coefficient (Wildman–Crippen LogP) is 10.6. The highest BCUT2D eigenvalue weighted by Gasteiger charge is 2.38. The third-order valence-electron chi connectivity index (χ3n) is 12.1. The van der Waals surface area contributed by atoms with E-state index >= 15 is 0 Å². The summed E-state index contributed by atoms with van der Waals surface area (Å²) in [4.78, 5) is 15.5. The number of para-hydroxylation sites is 2. The molecule has 0 unspecified atom stereocenters. The van der Waals surface area contributed by atoms with E-state index in [1.807, 2.05) is 37.3 Å². The molecule has 59 heavy (non-hydrogen) atoms. The number of rotatable bonds is 6. The van der Waals surface area contributed by atoms with Gasteiger partial charge >= 0.3 is 0 Å². The van der Waals surface area contributed by atoms with Gasteiger partial charge in [0.1, 0.15) is 31.4 Å². The fourth-order valence-corrected chi connectivity index (χ4v) is 9.09. The fraction of sp³-hybridized carbons (Fsp3) is 0.100. The number of hydrogen-bond acceptors (Lipinski definition) is 3. The molecule has 3 heterocycles. The van der Waals surface area contributed by atoms with E-state index in [0.29, 0.717) is 28.6 Å². The molecule has 8 radical (unpaired) electrons. The first-order chi connectivity index (χ1) is 28.6. The van der Waals surface area contributed by atoms with Crippen LogP contribution < -0.4 is 0 Å². The molecule has 0 atom stereocenters. The summed E-state index contributed by atoms with van der Waals surface area (Å²) in [5.41, 5.74) is 12.4. The van der Waals surface area contributed by atoms with Crippen LogP contribution in [-0.4, -0.2) is 55.5 Å². The molecule has 0 bridgehead atoms. The van der Waals surface area contributed by atoms with Crippen molar-refractivity contribution in [2.75, 3.05) is 0 Å². The Kier molecular flexibility index (Phi) is 8.57. The average molecular weight is 749 g/mol. The number of allylic oxidation sites excluding steroid dienone is 6. The van der Waals surface area contributed by atoms with Gasteiger partial charge in [-0.15, -0.1) is 16.4 Å². The molecule has 272 valence electrons. The van der Waals surface area contributed by atoms with Crippen LogP contribution in [0.3, 0.4) is 0 Å². The molecule has 3 aromatic heterocycles. The molecule has 0 aliphatic heterocycles. The first-order valence-corrected chi connectivity index (χ1v) is 19.8. The monoisotopic (exact) mass is 749 g/mol. The lowest BCUT2D eigenvalue weighted by molar-refractivity contribution is 0.656. The summed E-state index contributed by atoms with van der Waals surface area (Å²) in [7, 11) is 25.8. The van der Waals surface area contributed by atoms with Gasteiger partial charge in [-0.25, -0.2) is 4.98 Å². The highest BCUT2D eigenvalue weighted by molar-refractivity contribution is 6.46. The van der Waals surface area contributed by atoms with Gasteiger partial charge in [0, 0.05) is 32.5 Å². The Balaban J connectivity index is 1.35. The van der Waals surface area contributed by atoms with E-state index in [9.17, 15) is 0 Å². The van der Waals surface area contributed by atoms with Crippen molar-refractivity contribution in [2.24, 2.45) is 0 Å². The van der Waals surface area contributed by atoms with Crippen LogP contribution in [0, 0.1) is 0 Å². The minimum absolute atomic E-state index is 0.157.